The fourth-order valence-corrected chi connectivity index (χ4v) is 2.52. The van der Waals surface area contributed by atoms with E-state index in [2.05, 4.69) is 10.6 Å². The van der Waals surface area contributed by atoms with Gasteiger partial charge in [0.1, 0.15) is 11.3 Å². The molecule has 2 N–H and O–H groups in total. The molecule has 0 saturated heterocycles. The lowest BCUT2D eigenvalue weighted by molar-refractivity contribution is 0.0915. The lowest BCUT2D eigenvalue weighted by atomic mass is 10.1. The summed E-state index contributed by atoms with van der Waals surface area (Å²) in [6, 6.07) is 11.7. The lowest BCUT2D eigenvalue weighted by Crippen LogP contribution is -2.43. The van der Waals surface area contributed by atoms with Gasteiger partial charge in [-0.15, -0.1) is 0 Å². The third kappa shape index (κ3) is 2.90. The van der Waals surface area contributed by atoms with Crippen LogP contribution < -0.4 is 16.2 Å². The van der Waals surface area contributed by atoms with Crippen LogP contribution in [-0.2, 0) is 13.1 Å². The number of rotatable bonds is 3. The largest absolute Gasteiger partial charge is 0.349 e. The van der Waals surface area contributed by atoms with Gasteiger partial charge in [0, 0.05) is 19.6 Å². The molecule has 7 nitrogen and oxygen atoms in total. The zero-order valence-corrected chi connectivity index (χ0v) is 12.7. The molecule has 2 aromatic rings. The van der Waals surface area contributed by atoms with Crippen LogP contribution in [0.4, 0.5) is 0 Å². The van der Waals surface area contributed by atoms with E-state index >= 15 is 0 Å². The van der Waals surface area contributed by atoms with Crippen molar-refractivity contribution in [2.75, 3.05) is 6.54 Å². The van der Waals surface area contributed by atoms with Crippen molar-refractivity contribution in [1.29, 1.82) is 5.26 Å². The van der Waals surface area contributed by atoms with Crippen molar-refractivity contribution in [1.82, 2.24) is 15.2 Å². The molecule has 2 amide bonds. The highest BCUT2D eigenvalue weighted by molar-refractivity contribution is 5.96. The van der Waals surface area contributed by atoms with E-state index in [1.807, 2.05) is 6.07 Å². The molecule has 0 atom stereocenters. The van der Waals surface area contributed by atoms with Gasteiger partial charge in [-0.3, -0.25) is 14.4 Å². The first-order chi connectivity index (χ1) is 11.6. The van der Waals surface area contributed by atoms with Crippen LogP contribution >= 0.6 is 0 Å². The fraction of sp³-hybridized carbons (Fsp3) is 0.176. The normalized spacial score (nSPS) is 12.7. The van der Waals surface area contributed by atoms with Crippen molar-refractivity contribution in [3.05, 3.63) is 69.1 Å². The van der Waals surface area contributed by atoms with Crippen LogP contribution in [0.15, 0.2) is 41.2 Å². The van der Waals surface area contributed by atoms with Gasteiger partial charge in [0.05, 0.1) is 11.6 Å². The van der Waals surface area contributed by atoms with Crippen LogP contribution in [-0.4, -0.2) is 22.9 Å². The summed E-state index contributed by atoms with van der Waals surface area (Å²) in [4.78, 5) is 36.3. The van der Waals surface area contributed by atoms with Crippen LogP contribution in [0.25, 0.3) is 0 Å². The molecule has 3 rings (SSSR count). The molecule has 1 aliphatic heterocycles. The molecule has 1 aromatic heterocycles. The predicted octanol–water partition coefficient (Wildman–Crippen LogP) is 0.393. The van der Waals surface area contributed by atoms with Crippen LogP contribution in [0, 0.1) is 11.3 Å². The molecule has 0 spiro atoms. The van der Waals surface area contributed by atoms with Gasteiger partial charge < -0.3 is 15.2 Å². The summed E-state index contributed by atoms with van der Waals surface area (Å²) in [6.07, 6.45) is 0. The van der Waals surface area contributed by atoms with Gasteiger partial charge in [0.25, 0.3) is 17.4 Å². The SMILES string of the molecule is N#Cc1ccc(CNC(=O)c2ccc3n(c2=O)CCNC3=O)cc1. The van der Waals surface area contributed by atoms with Gasteiger partial charge in [-0.25, -0.2) is 0 Å². The minimum absolute atomic E-state index is 0.00194. The summed E-state index contributed by atoms with van der Waals surface area (Å²) in [7, 11) is 0. The maximum absolute atomic E-state index is 12.4. The quantitative estimate of drug-likeness (QED) is 0.853. The minimum Gasteiger partial charge on any atom is -0.349 e. The first kappa shape index (κ1) is 15.5. The molecule has 1 aromatic carbocycles. The van der Waals surface area contributed by atoms with Crippen LogP contribution in [0.5, 0.6) is 0 Å². The maximum Gasteiger partial charge on any atom is 0.268 e. The van der Waals surface area contributed by atoms with Crippen molar-refractivity contribution in [2.24, 2.45) is 0 Å². The van der Waals surface area contributed by atoms with E-state index in [1.165, 1.54) is 16.7 Å². The second-order valence-electron chi connectivity index (χ2n) is 5.34. The number of carbonyl (C=O) groups is 2. The Kier molecular flexibility index (Phi) is 4.12. The summed E-state index contributed by atoms with van der Waals surface area (Å²) >= 11 is 0. The molecule has 0 bridgehead atoms. The number of nitriles is 1. The zero-order valence-electron chi connectivity index (χ0n) is 12.7. The van der Waals surface area contributed by atoms with Crippen LogP contribution in [0.1, 0.15) is 32.0 Å². The summed E-state index contributed by atoms with van der Waals surface area (Å²) < 4.78 is 1.31. The van der Waals surface area contributed by atoms with Crippen molar-refractivity contribution in [2.45, 2.75) is 13.1 Å². The summed E-state index contributed by atoms with van der Waals surface area (Å²) in [5.41, 5.74) is 1.15. The Morgan fingerprint density at radius 1 is 1.21 bits per heavy atom. The highest BCUT2D eigenvalue weighted by Crippen LogP contribution is 2.06. The number of pyridine rings is 1. The first-order valence-corrected chi connectivity index (χ1v) is 7.39. The van der Waals surface area contributed by atoms with Crippen molar-refractivity contribution in [3.63, 3.8) is 0 Å². The Morgan fingerprint density at radius 3 is 2.67 bits per heavy atom. The van der Waals surface area contributed by atoms with E-state index in [4.69, 9.17) is 5.26 Å². The molecule has 0 fully saturated rings. The van der Waals surface area contributed by atoms with Crippen molar-refractivity contribution in [3.8, 4) is 6.07 Å². The fourth-order valence-electron chi connectivity index (χ4n) is 2.52. The van der Waals surface area contributed by atoms with E-state index < -0.39 is 11.5 Å². The molecule has 120 valence electrons. The lowest BCUT2D eigenvalue weighted by Gasteiger charge is -2.19. The molecule has 0 aliphatic carbocycles. The minimum atomic E-state index is -0.495. The number of benzene rings is 1. The highest BCUT2D eigenvalue weighted by Gasteiger charge is 2.21. The molecule has 0 unspecified atom stereocenters. The third-order valence-corrected chi connectivity index (χ3v) is 3.81. The van der Waals surface area contributed by atoms with Gasteiger partial charge in [0.15, 0.2) is 0 Å². The highest BCUT2D eigenvalue weighted by atomic mass is 16.2. The Bertz CT molecular complexity index is 907. The molecule has 0 radical (unpaired) electrons. The van der Waals surface area contributed by atoms with Crippen molar-refractivity contribution >= 4 is 11.8 Å². The van der Waals surface area contributed by atoms with Gasteiger partial charge in [0.2, 0.25) is 0 Å². The number of aromatic nitrogens is 1. The number of fused-ring (bicyclic) bond motifs is 1. The number of nitrogens with one attached hydrogen (secondary N) is 2. The van der Waals surface area contributed by atoms with E-state index in [1.54, 1.807) is 24.3 Å². The van der Waals surface area contributed by atoms with E-state index in [-0.39, 0.29) is 23.7 Å². The van der Waals surface area contributed by atoms with Gasteiger partial charge >= 0.3 is 0 Å². The molecule has 24 heavy (non-hydrogen) atoms. The Labute approximate surface area is 137 Å². The number of hydrogen-bond donors (Lipinski definition) is 2. The summed E-state index contributed by atoms with van der Waals surface area (Å²) in [5.74, 6) is -0.812. The zero-order chi connectivity index (χ0) is 17.1. The molecular formula is C17H14N4O3. The molecule has 2 heterocycles. The predicted molar refractivity (Wildman–Crippen MR) is 85.4 cm³/mol. The Balaban J connectivity index is 1.77. The van der Waals surface area contributed by atoms with Crippen LogP contribution in [0.3, 0.4) is 0 Å². The number of hydrogen-bond acceptors (Lipinski definition) is 4. The first-order valence-electron chi connectivity index (χ1n) is 7.39. The van der Waals surface area contributed by atoms with Gasteiger partial charge in [-0.2, -0.15) is 5.26 Å². The summed E-state index contributed by atoms with van der Waals surface area (Å²) in [6.45, 7) is 0.949. The second-order valence-corrected chi connectivity index (χ2v) is 5.34. The van der Waals surface area contributed by atoms with Crippen molar-refractivity contribution < 1.29 is 9.59 Å². The van der Waals surface area contributed by atoms with E-state index in [0.717, 1.165) is 5.56 Å². The summed E-state index contributed by atoms with van der Waals surface area (Å²) in [5, 5.41) is 14.1. The molecular weight excluding hydrogens is 308 g/mol. The third-order valence-electron chi connectivity index (χ3n) is 3.81. The average molecular weight is 322 g/mol. The maximum atomic E-state index is 12.4. The van der Waals surface area contributed by atoms with Gasteiger partial charge in [-0.1, -0.05) is 12.1 Å². The number of amides is 2. The molecule has 1 aliphatic rings. The Morgan fingerprint density at radius 2 is 1.96 bits per heavy atom. The molecule has 0 saturated carbocycles. The number of nitrogens with zero attached hydrogens (tertiary/aromatic N) is 2. The average Bonchev–Trinajstić information content (AvgIpc) is 2.61. The molecule has 7 heteroatoms. The Hall–Kier alpha value is -3.40. The van der Waals surface area contributed by atoms with E-state index in [0.29, 0.717) is 18.7 Å². The monoisotopic (exact) mass is 322 g/mol. The number of carbonyl (C=O) groups excluding carboxylic acids is 2. The second kappa shape index (κ2) is 6.38. The smallest absolute Gasteiger partial charge is 0.268 e. The van der Waals surface area contributed by atoms with Gasteiger partial charge in [-0.05, 0) is 29.8 Å². The topological polar surface area (TPSA) is 104 Å². The standard InChI is InChI=1S/C17H14N4O3/c18-9-11-1-3-12(4-2-11)10-20-15(22)13-5-6-14-16(23)19-7-8-21(14)17(13)24/h1-6H,7-8,10H2,(H,19,23)(H,20,22). The van der Waals surface area contributed by atoms with Crippen LogP contribution in [0.2, 0.25) is 0 Å². The van der Waals surface area contributed by atoms with E-state index in [9.17, 15) is 14.4 Å².